The van der Waals surface area contributed by atoms with Gasteiger partial charge >= 0.3 is 0 Å². The van der Waals surface area contributed by atoms with Crippen molar-refractivity contribution in [3.63, 3.8) is 0 Å². The molecule has 0 unspecified atom stereocenters. The van der Waals surface area contributed by atoms with Crippen molar-refractivity contribution in [2.45, 2.75) is 17.7 Å². The predicted octanol–water partition coefficient (Wildman–Crippen LogP) is 3.13. The number of nitrogens with one attached hydrogen (secondary N) is 2. The molecule has 3 aromatic rings. The Kier molecular flexibility index (Phi) is 6.93. The van der Waals surface area contributed by atoms with Gasteiger partial charge in [-0.05, 0) is 54.8 Å². The van der Waals surface area contributed by atoms with Gasteiger partial charge in [0.15, 0.2) is 0 Å². The van der Waals surface area contributed by atoms with E-state index in [9.17, 15) is 22.4 Å². The first kappa shape index (κ1) is 23.4. The van der Waals surface area contributed by atoms with Crippen molar-refractivity contribution in [3.05, 3.63) is 95.3 Å². The monoisotopic (exact) mass is 481 g/mol. The molecule has 0 saturated carbocycles. The van der Waals surface area contributed by atoms with Gasteiger partial charge in [-0.3, -0.25) is 13.9 Å². The van der Waals surface area contributed by atoms with E-state index in [-0.39, 0.29) is 29.1 Å². The molecule has 2 amide bonds. The molecule has 0 aromatic heterocycles. The Morgan fingerprint density at radius 3 is 2.38 bits per heavy atom. The van der Waals surface area contributed by atoms with Crippen LogP contribution in [0.3, 0.4) is 0 Å². The van der Waals surface area contributed by atoms with Gasteiger partial charge in [0.05, 0.1) is 16.1 Å². The van der Waals surface area contributed by atoms with Crippen LogP contribution in [0, 0.1) is 5.82 Å². The number of halogens is 1. The highest BCUT2D eigenvalue weighted by Gasteiger charge is 2.29. The van der Waals surface area contributed by atoms with Crippen LogP contribution in [0.2, 0.25) is 0 Å². The average molecular weight is 482 g/mol. The van der Waals surface area contributed by atoms with Crippen molar-refractivity contribution in [1.29, 1.82) is 0 Å². The zero-order valence-corrected chi connectivity index (χ0v) is 19.1. The molecule has 3 aromatic carbocycles. The zero-order valence-electron chi connectivity index (χ0n) is 18.3. The van der Waals surface area contributed by atoms with Crippen LogP contribution >= 0.6 is 0 Å². The fourth-order valence-corrected chi connectivity index (χ4v) is 5.46. The Bertz CT molecular complexity index is 1330. The van der Waals surface area contributed by atoms with Crippen LogP contribution in [0.1, 0.15) is 32.7 Å². The number of anilines is 1. The van der Waals surface area contributed by atoms with E-state index in [4.69, 9.17) is 0 Å². The molecule has 0 aliphatic carbocycles. The SMILES string of the molecule is O=C(NCCNC(=O)c1ccccc1F)c1cccc(S(=O)(=O)N2CCCc3ccccc32)c1. The van der Waals surface area contributed by atoms with Crippen molar-refractivity contribution >= 4 is 27.5 Å². The zero-order chi connectivity index (χ0) is 24.1. The molecule has 7 nitrogen and oxygen atoms in total. The summed E-state index contributed by atoms with van der Waals surface area (Å²) in [6.07, 6.45) is 1.53. The lowest BCUT2D eigenvalue weighted by Crippen LogP contribution is -2.36. The second-order valence-electron chi connectivity index (χ2n) is 7.83. The molecule has 4 rings (SSSR count). The van der Waals surface area contributed by atoms with Crippen molar-refractivity contribution in [1.82, 2.24) is 10.6 Å². The molecule has 2 N–H and O–H groups in total. The summed E-state index contributed by atoms with van der Waals surface area (Å²) in [5.41, 5.74) is 1.75. The maximum Gasteiger partial charge on any atom is 0.264 e. The number of rotatable bonds is 7. The molecule has 0 atom stereocenters. The first-order valence-corrected chi connectivity index (χ1v) is 12.3. The van der Waals surface area contributed by atoms with E-state index < -0.39 is 27.7 Å². The quantitative estimate of drug-likeness (QED) is 0.507. The number of carbonyl (C=O) groups is 2. The van der Waals surface area contributed by atoms with Crippen LogP contribution in [-0.2, 0) is 16.4 Å². The Labute approximate surface area is 197 Å². The van der Waals surface area contributed by atoms with Gasteiger partial charge in [-0.1, -0.05) is 36.4 Å². The summed E-state index contributed by atoms with van der Waals surface area (Å²) in [6.45, 7) is 0.550. The summed E-state index contributed by atoms with van der Waals surface area (Å²) >= 11 is 0. The van der Waals surface area contributed by atoms with E-state index in [0.717, 1.165) is 18.4 Å². The second kappa shape index (κ2) is 10.0. The standard InChI is InChI=1S/C25H24FN3O4S/c26-22-12-3-2-11-21(22)25(31)28-15-14-27-24(30)19-8-5-10-20(17-19)34(32,33)29-16-6-9-18-7-1-4-13-23(18)29/h1-5,7-8,10-13,17H,6,9,14-16H2,(H,27,30)(H,28,31). The van der Waals surface area contributed by atoms with Gasteiger partial charge in [-0.2, -0.15) is 0 Å². The van der Waals surface area contributed by atoms with Gasteiger partial charge in [0.1, 0.15) is 5.82 Å². The van der Waals surface area contributed by atoms with Crippen molar-refractivity contribution in [2.75, 3.05) is 23.9 Å². The molecule has 9 heteroatoms. The molecule has 0 fully saturated rings. The molecule has 176 valence electrons. The Balaban J connectivity index is 1.40. The Morgan fingerprint density at radius 1 is 0.882 bits per heavy atom. The van der Waals surface area contributed by atoms with E-state index in [2.05, 4.69) is 10.6 Å². The fourth-order valence-electron chi connectivity index (χ4n) is 3.87. The first-order chi connectivity index (χ1) is 16.4. The number of sulfonamides is 1. The largest absolute Gasteiger partial charge is 0.350 e. The van der Waals surface area contributed by atoms with E-state index >= 15 is 0 Å². The summed E-state index contributed by atoms with van der Waals surface area (Å²) < 4.78 is 41.7. The smallest absolute Gasteiger partial charge is 0.264 e. The number of hydrogen-bond donors (Lipinski definition) is 2. The van der Waals surface area contributed by atoms with E-state index in [0.29, 0.717) is 12.2 Å². The topological polar surface area (TPSA) is 95.6 Å². The van der Waals surface area contributed by atoms with Gasteiger partial charge in [-0.15, -0.1) is 0 Å². The number of nitrogens with zero attached hydrogens (tertiary/aromatic N) is 1. The van der Waals surface area contributed by atoms with E-state index in [1.807, 2.05) is 18.2 Å². The molecule has 0 bridgehead atoms. The Morgan fingerprint density at radius 2 is 1.59 bits per heavy atom. The molecule has 34 heavy (non-hydrogen) atoms. The molecule has 0 saturated heterocycles. The summed E-state index contributed by atoms with van der Waals surface area (Å²) in [7, 11) is -3.84. The minimum Gasteiger partial charge on any atom is -0.350 e. The molecular formula is C25H24FN3O4S. The molecule has 1 heterocycles. The van der Waals surface area contributed by atoms with Crippen LogP contribution < -0.4 is 14.9 Å². The maximum atomic E-state index is 13.7. The number of aryl methyl sites for hydroxylation is 1. The van der Waals surface area contributed by atoms with Gasteiger partial charge in [0.25, 0.3) is 21.8 Å². The van der Waals surface area contributed by atoms with E-state index in [1.54, 1.807) is 12.1 Å². The van der Waals surface area contributed by atoms with Crippen LogP contribution in [-0.4, -0.2) is 39.9 Å². The average Bonchev–Trinajstić information content (AvgIpc) is 2.86. The number of amides is 2. The lowest BCUT2D eigenvalue weighted by Gasteiger charge is -2.30. The van der Waals surface area contributed by atoms with E-state index in [1.165, 1.54) is 46.8 Å². The lowest BCUT2D eigenvalue weighted by molar-refractivity contribution is 0.0925. The molecule has 0 radical (unpaired) electrons. The summed E-state index contributed by atoms with van der Waals surface area (Å²) in [5.74, 6) is -1.68. The number of benzene rings is 3. The van der Waals surface area contributed by atoms with Crippen molar-refractivity contribution in [3.8, 4) is 0 Å². The maximum absolute atomic E-state index is 13.7. The normalized spacial score (nSPS) is 13.1. The highest BCUT2D eigenvalue weighted by atomic mass is 32.2. The van der Waals surface area contributed by atoms with Gasteiger partial charge in [0, 0.05) is 25.2 Å². The number of para-hydroxylation sites is 1. The third kappa shape index (κ3) is 4.94. The van der Waals surface area contributed by atoms with Crippen LogP contribution in [0.25, 0.3) is 0 Å². The van der Waals surface area contributed by atoms with Crippen LogP contribution in [0.15, 0.2) is 77.7 Å². The summed E-state index contributed by atoms with van der Waals surface area (Å²) in [5, 5.41) is 5.18. The van der Waals surface area contributed by atoms with Crippen molar-refractivity contribution < 1.29 is 22.4 Å². The van der Waals surface area contributed by atoms with Gasteiger partial charge in [-0.25, -0.2) is 12.8 Å². The highest BCUT2D eigenvalue weighted by Crippen LogP contribution is 2.31. The van der Waals surface area contributed by atoms with Crippen LogP contribution in [0.4, 0.5) is 10.1 Å². The lowest BCUT2D eigenvalue weighted by atomic mass is 10.0. The first-order valence-electron chi connectivity index (χ1n) is 10.9. The summed E-state index contributed by atoms with van der Waals surface area (Å²) in [6, 6.07) is 18.9. The third-order valence-electron chi connectivity index (χ3n) is 5.57. The van der Waals surface area contributed by atoms with Crippen LogP contribution in [0.5, 0.6) is 0 Å². The molecule has 1 aliphatic heterocycles. The minimum atomic E-state index is -3.84. The molecule has 0 spiro atoms. The number of hydrogen-bond acceptors (Lipinski definition) is 4. The second-order valence-corrected chi connectivity index (χ2v) is 9.69. The molecule has 1 aliphatic rings. The third-order valence-corrected chi connectivity index (χ3v) is 7.38. The number of carbonyl (C=O) groups excluding carboxylic acids is 2. The Hall–Kier alpha value is -3.72. The van der Waals surface area contributed by atoms with Crippen molar-refractivity contribution in [2.24, 2.45) is 0 Å². The molecular weight excluding hydrogens is 457 g/mol. The fraction of sp³-hybridized carbons (Fsp3) is 0.200. The number of fused-ring (bicyclic) bond motifs is 1. The predicted molar refractivity (Wildman–Crippen MR) is 127 cm³/mol. The summed E-state index contributed by atoms with van der Waals surface area (Å²) in [4.78, 5) is 24.6. The highest BCUT2D eigenvalue weighted by molar-refractivity contribution is 7.92. The van der Waals surface area contributed by atoms with Gasteiger partial charge in [0.2, 0.25) is 0 Å². The van der Waals surface area contributed by atoms with Gasteiger partial charge < -0.3 is 10.6 Å². The minimum absolute atomic E-state index is 0.0321.